The normalized spacial score (nSPS) is 19.0. The van der Waals surface area contributed by atoms with Crippen LogP contribution in [0.1, 0.15) is 51.2 Å². The average molecular weight is 295 g/mol. The molecule has 1 aromatic carbocycles. The molecule has 1 fully saturated rings. The number of likely N-dealkylation sites (N-methyl/N-ethyl adjacent to an activating group) is 1. The zero-order valence-corrected chi connectivity index (χ0v) is 13.2. The van der Waals surface area contributed by atoms with Crippen molar-refractivity contribution >= 4 is 0 Å². The van der Waals surface area contributed by atoms with Crippen LogP contribution in [0.2, 0.25) is 0 Å². The van der Waals surface area contributed by atoms with Crippen LogP contribution in [0, 0.1) is 5.82 Å². The Bertz CT molecular complexity index is 468. The Morgan fingerprint density at radius 1 is 1.29 bits per heavy atom. The second-order valence-electron chi connectivity index (χ2n) is 5.77. The van der Waals surface area contributed by atoms with Gasteiger partial charge in [0.05, 0.1) is 12.6 Å². The average Bonchev–Trinajstić information content (AvgIpc) is 2.98. The molecule has 4 heteroatoms. The van der Waals surface area contributed by atoms with Crippen LogP contribution < -0.4 is 4.74 Å². The van der Waals surface area contributed by atoms with Gasteiger partial charge in [0.25, 0.3) is 0 Å². The van der Waals surface area contributed by atoms with E-state index in [0.717, 1.165) is 38.8 Å². The second-order valence-corrected chi connectivity index (χ2v) is 5.77. The third-order valence-electron chi connectivity index (χ3n) is 4.87. The van der Waals surface area contributed by atoms with Crippen molar-refractivity contribution in [2.24, 2.45) is 0 Å². The molecule has 0 heterocycles. The zero-order valence-electron chi connectivity index (χ0n) is 13.2. The predicted molar refractivity (Wildman–Crippen MR) is 82.0 cm³/mol. The molecule has 1 atom stereocenters. The summed E-state index contributed by atoms with van der Waals surface area (Å²) in [6, 6.07) is 4.72. The van der Waals surface area contributed by atoms with Crippen molar-refractivity contribution in [2.45, 2.75) is 51.2 Å². The molecule has 0 amide bonds. The Balaban J connectivity index is 2.37. The fourth-order valence-electron chi connectivity index (χ4n) is 3.75. The standard InChI is InChI=1S/C17H26FNO2/c1-4-19(5-2)17(10-6-7-11-17)16(20)14-9-8-13(21-3)12-15(14)18/h8-9,12,16,20H,4-7,10-11H2,1-3H3. The Morgan fingerprint density at radius 3 is 2.38 bits per heavy atom. The highest BCUT2D eigenvalue weighted by atomic mass is 19.1. The van der Waals surface area contributed by atoms with Gasteiger partial charge < -0.3 is 9.84 Å². The molecule has 21 heavy (non-hydrogen) atoms. The Labute approximate surface area is 126 Å². The van der Waals surface area contributed by atoms with Gasteiger partial charge in [-0.2, -0.15) is 0 Å². The first kappa shape index (κ1) is 16.2. The second kappa shape index (κ2) is 6.75. The van der Waals surface area contributed by atoms with Gasteiger partial charge in [0.1, 0.15) is 17.7 Å². The molecule has 1 N–H and O–H groups in total. The number of hydrogen-bond acceptors (Lipinski definition) is 3. The van der Waals surface area contributed by atoms with E-state index in [9.17, 15) is 9.50 Å². The fraction of sp³-hybridized carbons (Fsp3) is 0.647. The summed E-state index contributed by atoms with van der Waals surface area (Å²) in [5.74, 6) is 0.0899. The van der Waals surface area contributed by atoms with Gasteiger partial charge in [-0.25, -0.2) is 4.39 Å². The maximum atomic E-state index is 14.3. The summed E-state index contributed by atoms with van der Waals surface area (Å²) in [6.07, 6.45) is 3.21. The van der Waals surface area contributed by atoms with E-state index in [2.05, 4.69) is 18.7 Å². The van der Waals surface area contributed by atoms with Crippen LogP contribution in [-0.2, 0) is 0 Å². The number of aliphatic hydroxyl groups is 1. The summed E-state index contributed by atoms with van der Waals surface area (Å²) < 4.78 is 19.4. The zero-order chi connectivity index (χ0) is 15.5. The molecular weight excluding hydrogens is 269 g/mol. The minimum Gasteiger partial charge on any atom is -0.497 e. The number of aliphatic hydroxyl groups excluding tert-OH is 1. The van der Waals surface area contributed by atoms with Crippen LogP contribution in [0.4, 0.5) is 4.39 Å². The number of ether oxygens (including phenoxy) is 1. The van der Waals surface area contributed by atoms with E-state index < -0.39 is 6.10 Å². The number of benzene rings is 1. The lowest BCUT2D eigenvalue weighted by Gasteiger charge is -2.44. The van der Waals surface area contributed by atoms with Crippen molar-refractivity contribution in [3.05, 3.63) is 29.6 Å². The number of hydrogen-bond donors (Lipinski definition) is 1. The van der Waals surface area contributed by atoms with Crippen molar-refractivity contribution in [1.82, 2.24) is 4.90 Å². The van der Waals surface area contributed by atoms with Gasteiger partial charge in [0, 0.05) is 11.6 Å². The third kappa shape index (κ3) is 2.92. The lowest BCUT2D eigenvalue weighted by atomic mass is 9.83. The fourth-order valence-corrected chi connectivity index (χ4v) is 3.75. The van der Waals surface area contributed by atoms with E-state index in [1.807, 2.05) is 0 Å². The van der Waals surface area contributed by atoms with Crippen molar-refractivity contribution < 1.29 is 14.2 Å². The lowest BCUT2D eigenvalue weighted by molar-refractivity contribution is -0.0285. The minimum atomic E-state index is -0.800. The molecule has 3 nitrogen and oxygen atoms in total. The molecule has 118 valence electrons. The SMILES string of the molecule is CCN(CC)C1(C(O)c2ccc(OC)cc2F)CCCC1. The third-order valence-corrected chi connectivity index (χ3v) is 4.87. The molecule has 0 aliphatic heterocycles. The smallest absolute Gasteiger partial charge is 0.132 e. The molecular formula is C17H26FNO2. The minimum absolute atomic E-state index is 0.334. The molecule has 1 aliphatic rings. The highest BCUT2D eigenvalue weighted by Crippen LogP contribution is 2.45. The molecule has 1 aliphatic carbocycles. The number of rotatable bonds is 6. The van der Waals surface area contributed by atoms with Gasteiger partial charge in [-0.15, -0.1) is 0 Å². The van der Waals surface area contributed by atoms with E-state index >= 15 is 0 Å². The summed E-state index contributed by atoms with van der Waals surface area (Å²) in [6.45, 7) is 5.93. The summed E-state index contributed by atoms with van der Waals surface area (Å²) >= 11 is 0. The summed E-state index contributed by atoms with van der Waals surface area (Å²) in [4.78, 5) is 2.29. The largest absolute Gasteiger partial charge is 0.497 e. The number of methoxy groups -OCH3 is 1. The van der Waals surface area contributed by atoms with Gasteiger partial charge in [-0.1, -0.05) is 26.7 Å². The predicted octanol–water partition coefficient (Wildman–Crippen LogP) is 3.52. The molecule has 0 bridgehead atoms. The molecule has 0 radical (unpaired) electrons. The maximum absolute atomic E-state index is 14.3. The Morgan fingerprint density at radius 2 is 1.90 bits per heavy atom. The Kier molecular flexibility index (Phi) is 5.22. The van der Waals surface area contributed by atoms with Crippen LogP contribution in [0.15, 0.2) is 18.2 Å². The van der Waals surface area contributed by atoms with Crippen LogP contribution >= 0.6 is 0 Å². The first-order valence-corrected chi connectivity index (χ1v) is 7.85. The van der Waals surface area contributed by atoms with Crippen LogP contribution in [0.25, 0.3) is 0 Å². The number of halogens is 1. The molecule has 1 unspecified atom stereocenters. The Hall–Kier alpha value is -1.13. The summed E-state index contributed by atoms with van der Waals surface area (Å²) in [5.41, 5.74) is 0.0449. The first-order chi connectivity index (χ1) is 10.1. The van der Waals surface area contributed by atoms with Gasteiger partial charge in [0.15, 0.2) is 0 Å². The van der Waals surface area contributed by atoms with Gasteiger partial charge in [-0.05, 0) is 38.1 Å². The molecule has 2 rings (SSSR count). The topological polar surface area (TPSA) is 32.7 Å². The van der Waals surface area contributed by atoms with Crippen molar-refractivity contribution in [1.29, 1.82) is 0 Å². The monoisotopic (exact) mass is 295 g/mol. The van der Waals surface area contributed by atoms with Crippen molar-refractivity contribution in [3.8, 4) is 5.75 Å². The molecule has 1 saturated carbocycles. The quantitative estimate of drug-likeness (QED) is 0.871. The lowest BCUT2D eigenvalue weighted by Crippen LogP contribution is -2.51. The van der Waals surface area contributed by atoms with Crippen molar-refractivity contribution in [3.63, 3.8) is 0 Å². The first-order valence-electron chi connectivity index (χ1n) is 7.85. The van der Waals surface area contributed by atoms with Gasteiger partial charge >= 0.3 is 0 Å². The van der Waals surface area contributed by atoms with Crippen LogP contribution in [-0.4, -0.2) is 35.7 Å². The van der Waals surface area contributed by atoms with Gasteiger partial charge in [0.2, 0.25) is 0 Å². The van der Waals surface area contributed by atoms with E-state index in [1.54, 1.807) is 12.1 Å². The number of nitrogens with zero attached hydrogens (tertiary/aromatic N) is 1. The van der Waals surface area contributed by atoms with Crippen LogP contribution in [0.3, 0.4) is 0 Å². The van der Waals surface area contributed by atoms with E-state index in [4.69, 9.17) is 4.74 Å². The molecule has 0 aromatic heterocycles. The summed E-state index contributed by atoms with van der Waals surface area (Å²) in [7, 11) is 1.51. The van der Waals surface area contributed by atoms with E-state index in [1.165, 1.54) is 13.2 Å². The van der Waals surface area contributed by atoms with Gasteiger partial charge in [-0.3, -0.25) is 4.90 Å². The highest BCUT2D eigenvalue weighted by molar-refractivity contribution is 5.32. The van der Waals surface area contributed by atoms with Crippen molar-refractivity contribution in [2.75, 3.05) is 20.2 Å². The summed E-state index contributed by atoms with van der Waals surface area (Å²) in [5, 5.41) is 10.9. The molecule has 0 saturated heterocycles. The highest BCUT2D eigenvalue weighted by Gasteiger charge is 2.45. The molecule has 1 aromatic rings. The van der Waals surface area contributed by atoms with Crippen LogP contribution in [0.5, 0.6) is 5.75 Å². The van der Waals surface area contributed by atoms with E-state index in [0.29, 0.717) is 11.3 Å². The van der Waals surface area contributed by atoms with E-state index in [-0.39, 0.29) is 11.4 Å². The molecule has 0 spiro atoms. The maximum Gasteiger partial charge on any atom is 0.132 e.